The molecule has 0 aliphatic rings. The van der Waals surface area contributed by atoms with Gasteiger partial charge in [-0.1, -0.05) is 59.7 Å². The first-order chi connectivity index (χ1) is 18.9. The molecule has 0 unspecified atom stereocenters. The fourth-order valence-corrected chi connectivity index (χ4v) is 4.30. The van der Waals surface area contributed by atoms with Crippen molar-refractivity contribution in [1.29, 1.82) is 0 Å². The van der Waals surface area contributed by atoms with Crippen molar-refractivity contribution in [3.63, 3.8) is 0 Å². The highest BCUT2D eigenvalue weighted by atomic mass is 16.6. The van der Waals surface area contributed by atoms with Crippen LogP contribution in [0.25, 0.3) is 22.0 Å². The van der Waals surface area contributed by atoms with Gasteiger partial charge in [-0.05, 0) is 67.4 Å². The molecule has 4 aromatic carbocycles. The van der Waals surface area contributed by atoms with E-state index in [-0.39, 0.29) is 11.7 Å². The monoisotopic (exact) mass is 517 g/mol. The SMILES string of the molecule is COc1cc(C=NNC(=O)c2[nH]c3ccc(C)cc3c2-c2ccccc2)ccc1OC(=O)c1ccc(C)cc1. The highest BCUT2D eigenvalue weighted by molar-refractivity contribution is 6.10. The number of rotatable bonds is 7. The number of aromatic nitrogens is 1. The minimum absolute atomic E-state index is 0.283. The molecular weight excluding hydrogens is 490 g/mol. The van der Waals surface area contributed by atoms with Gasteiger partial charge in [-0.3, -0.25) is 4.79 Å². The number of methoxy groups -OCH3 is 1. The summed E-state index contributed by atoms with van der Waals surface area (Å²) in [5, 5.41) is 5.12. The highest BCUT2D eigenvalue weighted by Gasteiger charge is 2.19. The zero-order valence-electron chi connectivity index (χ0n) is 21.8. The third-order valence-corrected chi connectivity index (χ3v) is 6.30. The highest BCUT2D eigenvalue weighted by Crippen LogP contribution is 2.33. The van der Waals surface area contributed by atoms with Gasteiger partial charge in [-0.2, -0.15) is 5.10 Å². The number of H-pyrrole nitrogens is 1. The molecule has 0 saturated carbocycles. The van der Waals surface area contributed by atoms with E-state index in [1.807, 2.05) is 68.4 Å². The summed E-state index contributed by atoms with van der Waals surface area (Å²) in [5.41, 5.74) is 8.92. The van der Waals surface area contributed by atoms with Crippen molar-refractivity contribution in [2.45, 2.75) is 13.8 Å². The summed E-state index contributed by atoms with van der Waals surface area (Å²) in [6.45, 7) is 3.97. The van der Waals surface area contributed by atoms with Crippen LogP contribution in [-0.4, -0.2) is 30.2 Å². The molecule has 39 heavy (non-hydrogen) atoms. The van der Waals surface area contributed by atoms with Crippen molar-refractivity contribution in [1.82, 2.24) is 10.4 Å². The van der Waals surface area contributed by atoms with Crippen molar-refractivity contribution in [2.75, 3.05) is 7.11 Å². The molecule has 0 aliphatic carbocycles. The second-order valence-corrected chi connectivity index (χ2v) is 9.16. The van der Waals surface area contributed by atoms with Gasteiger partial charge in [0.15, 0.2) is 11.5 Å². The minimum Gasteiger partial charge on any atom is -0.493 e. The zero-order chi connectivity index (χ0) is 27.4. The molecule has 0 atom stereocenters. The Morgan fingerprint density at radius 2 is 1.59 bits per heavy atom. The first kappa shape index (κ1) is 25.5. The molecule has 0 bridgehead atoms. The van der Waals surface area contributed by atoms with Gasteiger partial charge in [0, 0.05) is 16.5 Å². The molecule has 194 valence electrons. The summed E-state index contributed by atoms with van der Waals surface area (Å²) >= 11 is 0. The van der Waals surface area contributed by atoms with Crippen LogP contribution in [0.4, 0.5) is 0 Å². The molecule has 0 fully saturated rings. The lowest BCUT2D eigenvalue weighted by Crippen LogP contribution is -2.18. The van der Waals surface area contributed by atoms with E-state index in [1.165, 1.54) is 13.3 Å². The molecule has 2 N–H and O–H groups in total. The number of amides is 1. The predicted molar refractivity (Wildman–Crippen MR) is 153 cm³/mol. The zero-order valence-corrected chi connectivity index (χ0v) is 21.8. The van der Waals surface area contributed by atoms with Gasteiger partial charge in [-0.25, -0.2) is 10.2 Å². The van der Waals surface area contributed by atoms with E-state index in [1.54, 1.807) is 30.3 Å². The van der Waals surface area contributed by atoms with Crippen molar-refractivity contribution in [3.05, 3.63) is 119 Å². The summed E-state index contributed by atoms with van der Waals surface area (Å²) in [6.07, 6.45) is 1.50. The number of benzene rings is 4. The summed E-state index contributed by atoms with van der Waals surface area (Å²) < 4.78 is 10.9. The fourth-order valence-electron chi connectivity index (χ4n) is 4.30. The van der Waals surface area contributed by atoms with Crippen LogP contribution in [0.2, 0.25) is 0 Å². The van der Waals surface area contributed by atoms with E-state index in [9.17, 15) is 9.59 Å². The number of hydrogen-bond donors (Lipinski definition) is 2. The Hall–Kier alpha value is -5.17. The Morgan fingerprint density at radius 3 is 2.33 bits per heavy atom. The third-order valence-electron chi connectivity index (χ3n) is 6.30. The molecule has 1 aromatic heterocycles. The van der Waals surface area contributed by atoms with Gasteiger partial charge in [0.1, 0.15) is 5.69 Å². The van der Waals surface area contributed by atoms with Crippen LogP contribution in [0, 0.1) is 13.8 Å². The van der Waals surface area contributed by atoms with E-state index in [0.29, 0.717) is 22.6 Å². The lowest BCUT2D eigenvalue weighted by Gasteiger charge is -2.10. The first-order valence-electron chi connectivity index (χ1n) is 12.4. The Labute approximate surface area is 226 Å². The topological polar surface area (TPSA) is 92.8 Å². The molecule has 5 rings (SSSR count). The van der Waals surface area contributed by atoms with Crippen LogP contribution in [0.1, 0.15) is 37.5 Å². The van der Waals surface area contributed by atoms with Crippen LogP contribution in [0.15, 0.2) is 96.1 Å². The lowest BCUT2D eigenvalue weighted by atomic mass is 10.0. The molecule has 7 nitrogen and oxygen atoms in total. The van der Waals surface area contributed by atoms with Crippen LogP contribution in [0.3, 0.4) is 0 Å². The van der Waals surface area contributed by atoms with Crippen molar-refractivity contribution in [2.24, 2.45) is 5.10 Å². The van der Waals surface area contributed by atoms with Gasteiger partial charge in [0.2, 0.25) is 0 Å². The molecule has 1 heterocycles. The molecule has 0 saturated heterocycles. The number of aryl methyl sites for hydroxylation is 2. The number of hydrazone groups is 1. The summed E-state index contributed by atoms with van der Waals surface area (Å²) in [4.78, 5) is 29.0. The Balaban J connectivity index is 1.34. The Morgan fingerprint density at radius 1 is 0.846 bits per heavy atom. The number of ether oxygens (including phenoxy) is 2. The van der Waals surface area contributed by atoms with Gasteiger partial charge in [0.05, 0.1) is 18.9 Å². The average Bonchev–Trinajstić information content (AvgIpc) is 3.33. The number of carbonyl (C=O) groups is 2. The minimum atomic E-state index is -0.482. The predicted octanol–water partition coefficient (Wildman–Crippen LogP) is 6.44. The molecule has 0 aliphatic heterocycles. The maximum absolute atomic E-state index is 13.2. The lowest BCUT2D eigenvalue weighted by molar-refractivity contribution is 0.0729. The maximum Gasteiger partial charge on any atom is 0.343 e. The van der Waals surface area contributed by atoms with Crippen LogP contribution in [0.5, 0.6) is 11.5 Å². The Kier molecular flexibility index (Phi) is 7.23. The van der Waals surface area contributed by atoms with Gasteiger partial charge in [-0.15, -0.1) is 0 Å². The van der Waals surface area contributed by atoms with E-state index < -0.39 is 5.97 Å². The summed E-state index contributed by atoms with van der Waals surface area (Å²) in [6, 6.07) is 28.0. The number of esters is 1. The second kappa shape index (κ2) is 11.1. The fraction of sp³-hybridized carbons (Fsp3) is 0.0938. The maximum atomic E-state index is 13.2. The van der Waals surface area contributed by atoms with Crippen molar-refractivity contribution in [3.8, 4) is 22.6 Å². The van der Waals surface area contributed by atoms with E-state index in [2.05, 4.69) is 21.6 Å². The number of carbonyl (C=O) groups excluding carboxylic acids is 2. The molecule has 0 spiro atoms. The van der Waals surface area contributed by atoms with Crippen LogP contribution in [-0.2, 0) is 0 Å². The average molecular weight is 518 g/mol. The van der Waals surface area contributed by atoms with Gasteiger partial charge < -0.3 is 14.5 Å². The van der Waals surface area contributed by atoms with Crippen molar-refractivity contribution >= 4 is 29.0 Å². The normalized spacial score (nSPS) is 11.1. The molecule has 1 amide bonds. The number of nitrogens with one attached hydrogen (secondary N) is 2. The number of hydrogen-bond acceptors (Lipinski definition) is 5. The smallest absolute Gasteiger partial charge is 0.343 e. The molecular formula is C32H27N3O4. The van der Waals surface area contributed by atoms with E-state index in [0.717, 1.165) is 33.2 Å². The van der Waals surface area contributed by atoms with Gasteiger partial charge in [0.25, 0.3) is 5.91 Å². The van der Waals surface area contributed by atoms with Crippen LogP contribution < -0.4 is 14.9 Å². The van der Waals surface area contributed by atoms with Gasteiger partial charge >= 0.3 is 5.97 Å². The molecule has 7 heteroatoms. The van der Waals surface area contributed by atoms with E-state index >= 15 is 0 Å². The van der Waals surface area contributed by atoms with E-state index in [4.69, 9.17) is 9.47 Å². The summed E-state index contributed by atoms with van der Waals surface area (Å²) in [7, 11) is 1.49. The van der Waals surface area contributed by atoms with Crippen LogP contribution >= 0.6 is 0 Å². The number of fused-ring (bicyclic) bond motifs is 1. The second-order valence-electron chi connectivity index (χ2n) is 9.16. The standard InChI is InChI=1S/C32H27N3O4/c1-20-9-13-24(14-10-20)32(37)39-27-16-12-22(18-28(27)38-3)19-33-35-31(36)30-29(23-7-5-4-6-8-23)25-17-21(2)11-15-26(25)34-30/h4-19,34H,1-3H3,(H,35,36). The molecule has 5 aromatic rings. The molecule has 0 radical (unpaired) electrons. The number of aromatic amines is 1. The summed E-state index contributed by atoms with van der Waals surface area (Å²) in [5.74, 6) is -0.201. The first-order valence-corrected chi connectivity index (χ1v) is 12.4. The third kappa shape index (κ3) is 5.57. The van der Waals surface area contributed by atoms with Crippen molar-refractivity contribution < 1.29 is 19.1 Å². The number of nitrogens with zero attached hydrogens (tertiary/aromatic N) is 1. The quantitative estimate of drug-likeness (QED) is 0.112. The Bertz CT molecular complexity index is 1690. The largest absolute Gasteiger partial charge is 0.493 e.